The molecule has 124 valence electrons. The van der Waals surface area contributed by atoms with E-state index in [9.17, 15) is 4.79 Å². The Bertz CT molecular complexity index is 645. The first kappa shape index (κ1) is 17.5. The average Bonchev–Trinajstić information content (AvgIpc) is 2.55. The predicted octanol–water partition coefficient (Wildman–Crippen LogP) is 4.54. The number of ketones is 1. The van der Waals surface area contributed by atoms with Crippen LogP contribution in [0.15, 0.2) is 36.4 Å². The number of hydrogen-bond donors (Lipinski definition) is 0. The van der Waals surface area contributed by atoms with Crippen molar-refractivity contribution in [3.63, 3.8) is 0 Å². The van der Waals surface area contributed by atoms with Gasteiger partial charge in [0.05, 0.1) is 18.7 Å². The molecule has 0 heterocycles. The molecule has 0 radical (unpaired) electrons. The lowest BCUT2D eigenvalue weighted by Crippen LogP contribution is -2.31. The van der Waals surface area contributed by atoms with E-state index < -0.39 is 0 Å². The summed E-state index contributed by atoms with van der Waals surface area (Å²) in [6, 6.07) is 12.0. The summed E-state index contributed by atoms with van der Waals surface area (Å²) in [5.74, 6) is 0.844. The molecule has 0 fully saturated rings. The Morgan fingerprint density at radius 3 is 2.35 bits per heavy atom. The lowest BCUT2D eigenvalue weighted by atomic mass is 9.99. The van der Waals surface area contributed by atoms with Gasteiger partial charge in [0.15, 0.2) is 5.78 Å². The average molecular weight is 313 g/mol. The minimum Gasteiger partial charge on any atom is -0.493 e. The van der Waals surface area contributed by atoms with Gasteiger partial charge in [-0.2, -0.15) is 0 Å². The maximum absolute atomic E-state index is 13.0. The van der Waals surface area contributed by atoms with Gasteiger partial charge in [-0.05, 0) is 49.7 Å². The summed E-state index contributed by atoms with van der Waals surface area (Å²) in [6.07, 6.45) is 2.11. The Balaban J connectivity index is 2.38. The first-order valence-corrected chi connectivity index (χ1v) is 8.61. The van der Waals surface area contributed by atoms with Crippen LogP contribution in [0, 0.1) is 0 Å². The molecule has 0 spiro atoms. The zero-order chi connectivity index (χ0) is 16.7. The van der Waals surface area contributed by atoms with Crippen LogP contribution in [0.5, 0.6) is 5.75 Å². The fraction of sp³-hybridized carbons (Fsp3) is 0.450. The van der Waals surface area contributed by atoms with Gasteiger partial charge in [0.25, 0.3) is 0 Å². The van der Waals surface area contributed by atoms with Gasteiger partial charge >= 0.3 is 0 Å². The third kappa shape index (κ3) is 4.32. The zero-order valence-electron chi connectivity index (χ0n) is 14.5. The Morgan fingerprint density at radius 2 is 1.70 bits per heavy atom. The molecule has 0 bridgehead atoms. The fourth-order valence-corrected chi connectivity index (χ4v) is 3.00. The van der Waals surface area contributed by atoms with Crippen molar-refractivity contribution < 1.29 is 9.53 Å². The number of carbonyl (C=O) groups excluding carboxylic acids is 1. The first-order chi connectivity index (χ1) is 11.2. The van der Waals surface area contributed by atoms with E-state index in [1.807, 2.05) is 43.3 Å². The van der Waals surface area contributed by atoms with Gasteiger partial charge < -0.3 is 4.74 Å². The largest absolute Gasteiger partial charge is 0.493 e. The van der Waals surface area contributed by atoms with Crippen molar-refractivity contribution in [2.45, 2.75) is 33.6 Å². The smallest absolute Gasteiger partial charge is 0.181 e. The molecule has 0 aromatic heterocycles. The Morgan fingerprint density at radius 1 is 1.00 bits per heavy atom. The summed E-state index contributed by atoms with van der Waals surface area (Å²) in [5, 5.41) is 2.06. The highest BCUT2D eigenvalue weighted by Gasteiger charge is 2.18. The van der Waals surface area contributed by atoms with E-state index in [0.29, 0.717) is 18.9 Å². The molecule has 0 unspecified atom stereocenters. The van der Waals surface area contributed by atoms with Crippen molar-refractivity contribution >= 4 is 16.6 Å². The van der Waals surface area contributed by atoms with Crippen molar-refractivity contribution in [3.05, 3.63) is 42.0 Å². The summed E-state index contributed by atoms with van der Waals surface area (Å²) >= 11 is 0. The van der Waals surface area contributed by atoms with Crippen LogP contribution in [0.2, 0.25) is 0 Å². The van der Waals surface area contributed by atoms with Gasteiger partial charge in [0.1, 0.15) is 5.75 Å². The van der Waals surface area contributed by atoms with Gasteiger partial charge in [-0.3, -0.25) is 9.69 Å². The van der Waals surface area contributed by atoms with E-state index in [-0.39, 0.29) is 5.78 Å². The molecule has 0 aliphatic heterocycles. The molecular formula is C20H27NO2. The predicted molar refractivity (Wildman–Crippen MR) is 96.5 cm³/mol. The molecule has 2 aromatic carbocycles. The van der Waals surface area contributed by atoms with Crippen molar-refractivity contribution in [2.75, 3.05) is 26.2 Å². The number of fused-ring (bicyclic) bond motifs is 1. The van der Waals surface area contributed by atoms with Gasteiger partial charge in [0.2, 0.25) is 0 Å². The quantitative estimate of drug-likeness (QED) is 0.636. The van der Waals surface area contributed by atoms with E-state index in [1.54, 1.807) is 0 Å². The molecule has 0 aliphatic carbocycles. The van der Waals surface area contributed by atoms with Crippen molar-refractivity contribution in [1.82, 2.24) is 4.90 Å². The van der Waals surface area contributed by atoms with Crippen LogP contribution in [-0.4, -0.2) is 36.9 Å². The minimum absolute atomic E-state index is 0.146. The molecule has 0 atom stereocenters. The van der Waals surface area contributed by atoms with E-state index in [4.69, 9.17) is 4.74 Å². The molecule has 0 aliphatic rings. The lowest BCUT2D eigenvalue weighted by molar-refractivity contribution is 0.0928. The van der Waals surface area contributed by atoms with Crippen LogP contribution in [0.3, 0.4) is 0 Å². The third-order valence-electron chi connectivity index (χ3n) is 3.92. The van der Waals surface area contributed by atoms with E-state index in [0.717, 1.165) is 42.3 Å². The molecule has 2 rings (SSSR count). The lowest BCUT2D eigenvalue weighted by Gasteiger charge is -2.21. The number of Topliss-reactive ketones (excluding diaryl/α,β-unsaturated/α-hetero) is 1. The first-order valence-electron chi connectivity index (χ1n) is 8.61. The van der Waals surface area contributed by atoms with Gasteiger partial charge in [-0.15, -0.1) is 0 Å². The van der Waals surface area contributed by atoms with Crippen LogP contribution >= 0.6 is 0 Å². The standard InChI is InChI=1S/C20H27NO2/c1-4-13-21(14-5-2)15-18(22)20-17-10-8-7-9-16(17)11-12-19(20)23-6-3/h7-12H,4-6,13-15H2,1-3H3. The zero-order valence-corrected chi connectivity index (χ0v) is 14.5. The van der Waals surface area contributed by atoms with Crippen molar-refractivity contribution in [2.24, 2.45) is 0 Å². The monoisotopic (exact) mass is 313 g/mol. The molecule has 3 heteroatoms. The number of benzene rings is 2. The second kappa shape index (κ2) is 8.68. The second-order valence-corrected chi connectivity index (χ2v) is 5.79. The Labute approximate surface area is 139 Å². The molecular weight excluding hydrogens is 286 g/mol. The third-order valence-corrected chi connectivity index (χ3v) is 3.92. The SMILES string of the molecule is CCCN(CCC)CC(=O)c1c(OCC)ccc2ccccc12. The number of rotatable bonds is 9. The van der Waals surface area contributed by atoms with Crippen molar-refractivity contribution in [3.8, 4) is 5.75 Å². The molecule has 3 nitrogen and oxygen atoms in total. The maximum atomic E-state index is 13.0. The molecule has 0 saturated carbocycles. The maximum Gasteiger partial charge on any atom is 0.181 e. The van der Waals surface area contributed by atoms with Crippen molar-refractivity contribution in [1.29, 1.82) is 0 Å². The van der Waals surface area contributed by atoms with E-state index in [2.05, 4.69) is 18.7 Å². The van der Waals surface area contributed by atoms with Gasteiger partial charge in [0, 0.05) is 0 Å². The Hall–Kier alpha value is -1.87. The summed E-state index contributed by atoms with van der Waals surface area (Å²) in [4.78, 5) is 15.2. The highest BCUT2D eigenvalue weighted by molar-refractivity contribution is 6.11. The van der Waals surface area contributed by atoms with Gasteiger partial charge in [-0.25, -0.2) is 0 Å². The molecule has 2 aromatic rings. The van der Waals surface area contributed by atoms with E-state index in [1.165, 1.54) is 0 Å². The highest BCUT2D eigenvalue weighted by atomic mass is 16.5. The molecule has 23 heavy (non-hydrogen) atoms. The minimum atomic E-state index is 0.146. The van der Waals surface area contributed by atoms with Crippen LogP contribution < -0.4 is 4.74 Å². The normalized spacial score (nSPS) is 11.1. The number of ether oxygens (including phenoxy) is 1. The van der Waals surface area contributed by atoms with Gasteiger partial charge in [-0.1, -0.05) is 44.2 Å². The van der Waals surface area contributed by atoms with Crippen LogP contribution in [-0.2, 0) is 0 Å². The van der Waals surface area contributed by atoms with Crippen LogP contribution in [0.1, 0.15) is 44.0 Å². The summed E-state index contributed by atoms with van der Waals surface area (Å²) < 4.78 is 5.73. The molecule has 0 saturated heterocycles. The summed E-state index contributed by atoms with van der Waals surface area (Å²) in [5.41, 5.74) is 0.724. The summed E-state index contributed by atoms with van der Waals surface area (Å²) in [6.45, 7) is 9.17. The summed E-state index contributed by atoms with van der Waals surface area (Å²) in [7, 11) is 0. The fourth-order valence-electron chi connectivity index (χ4n) is 3.00. The van der Waals surface area contributed by atoms with Crippen LogP contribution in [0.4, 0.5) is 0 Å². The second-order valence-electron chi connectivity index (χ2n) is 5.79. The topological polar surface area (TPSA) is 29.5 Å². The number of nitrogens with zero attached hydrogens (tertiary/aromatic N) is 1. The molecule has 0 N–H and O–H groups in total. The van der Waals surface area contributed by atoms with Crippen LogP contribution in [0.25, 0.3) is 10.8 Å². The molecule has 0 amide bonds. The Kier molecular flexibility index (Phi) is 6.60. The number of carbonyl (C=O) groups is 1. The number of hydrogen-bond acceptors (Lipinski definition) is 3. The highest BCUT2D eigenvalue weighted by Crippen LogP contribution is 2.29. The van der Waals surface area contributed by atoms with E-state index >= 15 is 0 Å².